The molecule has 1 amide bonds. The maximum Gasteiger partial charge on any atom is 0.267 e. The minimum atomic E-state index is -4.18. The topological polar surface area (TPSA) is 105 Å². The molecule has 0 aliphatic carbocycles. The van der Waals surface area contributed by atoms with E-state index < -0.39 is 34.3 Å². The summed E-state index contributed by atoms with van der Waals surface area (Å²) in [5.74, 6) is -0.656. The van der Waals surface area contributed by atoms with Crippen LogP contribution in [0.15, 0.2) is 58.1 Å². The molecule has 3 aromatic rings. The number of carbonyl (C=O) groups is 1. The zero-order valence-electron chi connectivity index (χ0n) is 16.0. The van der Waals surface area contributed by atoms with Crippen molar-refractivity contribution in [3.63, 3.8) is 0 Å². The molecular formula is C19H18ClFN4O4S. The Labute approximate surface area is 177 Å². The summed E-state index contributed by atoms with van der Waals surface area (Å²) in [6, 6.07) is 9.17. The molecule has 8 nitrogen and oxygen atoms in total. The Balaban J connectivity index is 1.85. The number of aryl methyl sites for hydroxylation is 1. The third kappa shape index (κ3) is 4.95. The van der Waals surface area contributed by atoms with Crippen LogP contribution in [0.5, 0.6) is 0 Å². The van der Waals surface area contributed by atoms with Crippen molar-refractivity contribution in [1.29, 1.82) is 0 Å². The zero-order valence-corrected chi connectivity index (χ0v) is 17.6. The van der Waals surface area contributed by atoms with Crippen molar-refractivity contribution in [2.75, 3.05) is 10.8 Å². The maximum atomic E-state index is 13.1. The lowest BCUT2D eigenvalue weighted by molar-refractivity contribution is -0.120. The van der Waals surface area contributed by atoms with Gasteiger partial charge in [0.2, 0.25) is 5.91 Å². The Morgan fingerprint density at radius 1 is 1.27 bits per heavy atom. The number of benzene rings is 1. The van der Waals surface area contributed by atoms with Gasteiger partial charge in [0, 0.05) is 12.3 Å². The first kappa shape index (κ1) is 21.7. The first-order valence-corrected chi connectivity index (χ1v) is 10.6. The van der Waals surface area contributed by atoms with E-state index >= 15 is 0 Å². The molecule has 1 unspecified atom stereocenters. The monoisotopic (exact) mass is 452 g/mol. The Morgan fingerprint density at radius 3 is 2.53 bits per heavy atom. The number of carbonyl (C=O) groups excluding carboxylic acids is 1. The standard InChI is InChI=1S/C19H18ClFN4O4S/c1-12-9-18(24-29-12)25(30(27,28)16-7-8-17(20)22-10-16)11-19(26)23-13(2)14-3-5-15(21)6-4-14/h3-10,13H,11H2,1-2H3,(H,23,26). The minimum Gasteiger partial charge on any atom is -0.360 e. The van der Waals surface area contributed by atoms with Gasteiger partial charge in [0.05, 0.1) is 6.04 Å². The molecular weight excluding hydrogens is 435 g/mol. The van der Waals surface area contributed by atoms with Crippen LogP contribution in [0.25, 0.3) is 0 Å². The predicted molar refractivity (Wildman–Crippen MR) is 108 cm³/mol. The van der Waals surface area contributed by atoms with E-state index in [0.29, 0.717) is 11.3 Å². The van der Waals surface area contributed by atoms with E-state index in [1.165, 1.54) is 42.5 Å². The van der Waals surface area contributed by atoms with Gasteiger partial charge in [-0.05, 0) is 43.7 Å². The van der Waals surface area contributed by atoms with E-state index in [9.17, 15) is 17.6 Å². The summed E-state index contributed by atoms with van der Waals surface area (Å²) in [4.78, 5) is 16.3. The number of sulfonamides is 1. The van der Waals surface area contributed by atoms with Gasteiger partial charge in [-0.25, -0.2) is 22.1 Å². The molecule has 3 rings (SSSR count). The van der Waals surface area contributed by atoms with Crippen molar-refractivity contribution in [3.05, 3.63) is 71.0 Å². The number of amides is 1. The van der Waals surface area contributed by atoms with E-state index in [1.807, 2.05) is 0 Å². The molecule has 0 radical (unpaired) electrons. The summed E-state index contributed by atoms with van der Waals surface area (Å²) in [5, 5.41) is 6.55. The number of hydrogen-bond donors (Lipinski definition) is 1. The normalized spacial score (nSPS) is 12.4. The predicted octanol–water partition coefficient (Wildman–Crippen LogP) is 3.24. The number of aromatic nitrogens is 2. The summed E-state index contributed by atoms with van der Waals surface area (Å²) in [7, 11) is -4.18. The van der Waals surface area contributed by atoms with Gasteiger partial charge < -0.3 is 9.84 Å². The fourth-order valence-corrected chi connectivity index (χ4v) is 4.07. The molecule has 2 heterocycles. The maximum absolute atomic E-state index is 13.1. The molecule has 11 heteroatoms. The van der Waals surface area contributed by atoms with Crippen molar-refractivity contribution in [2.24, 2.45) is 0 Å². The van der Waals surface area contributed by atoms with E-state index in [2.05, 4.69) is 15.5 Å². The van der Waals surface area contributed by atoms with Crippen LogP contribution in [0.1, 0.15) is 24.3 Å². The van der Waals surface area contributed by atoms with Gasteiger partial charge in [0.15, 0.2) is 5.82 Å². The number of nitrogens with zero attached hydrogens (tertiary/aromatic N) is 3. The molecule has 30 heavy (non-hydrogen) atoms. The first-order valence-electron chi connectivity index (χ1n) is 8.79. The summed E-state index contributed by atoms with van der Waals surface area (Å²) >= 11 is 5.74. The van der Waals surface area contributed by atoms with Gasteiger partial charge in [-0.1, -0.05) is 28.9 Å². The van der Waals surface area contributed by atoms with Crippen molar-refractivity contribution in [1.82, 2.24) is 15.5 Å². The molecule has 1 atom stereocenters. The molecule has 158 valence electrons. The number of pyridine rings is 1. The van der Waals surface area contributed by atoms with Crippen LogP contribution in [0.3, 0.4) is 0 Å². The Kier molecular flexibility index (Phi) is 6.37. The molecule has 0 fully saturated rings. The van der Waals surface area contributed by atoms with E-state index in [0.717, 1.165) is 10.5 Å². The highest BCUT2D eigenvalue weighted by molar-refractivity contribution is 7.92. The fourth-order valence-electron chi connectivity index (χ4n) is 2.65. The molecule has 0 aliphatic heterocycles. The molecule has 0 aliphatic rings. The SMILES string of the molecule is Cc1cc(N(CC(=O)NC(C)c2ccc(F)cc2)S(=O)(=O)c2ccc(Cl)nc2)no1. The first-order chi connectivity index (χ1) is 14.2. The second-order valence-electron chi connectivity index (χ2n) is 6.46. The average molecular weight is 453 g/mol. The molecule has 0 saturated heterocycles. The summed E-state index contributed by atoms with van der Waals surface area (Å²) in [5.41, 5.74) is 0.665. The van der Waals surface area contributed by atoms with Gasteiger partial charge in [0.25, 0.3) is 10.0 Å². The smallest absolute Gasteiger partial charge is 0.267 e. The largest absolute Gasteiger partial charge is 0.360 e. The second kappa shape index (κ2) is 8.80. The van der Waals surface area contributed by atoms with Crippen LogP contribution in [0, 0.1) is 12.7 Å². The molecule has 2 aromatic heterocycles. The Bertz CT molecular complexity index is 1130. The van der Waals surface area contributed by atoms with Crippen molar-refractivity contribution in [3.8, 4) is 0 Å². The molecule has 1 N–H and O–H groups in total. The lowest BCUT2D eigenvalue weighted by Crippen LogP contribution is -2.41. The van der Waals surface area contributed by atoms with Crippen LogP contribution in [0.4, 0.5) is 10.2 Å². The third-order valence-electron chi connectivity index (χ3n) is 4.19. The summed E-state index contributed by atoms with van der Waals surface area (Å²) < 4.78 is 45.1. The van der Waals surface area contributed by atoms with E-state index in [-0.39, 0.29) is 15.9 Å². The highest BCUT2D eigenvalue weighted by Crippen LogP contribution is 2.24. The lowest BCUT2D eigenvalue weighted by Gasteiger charge is -2.22. The van der Waals surface area contributed by atoms with Crippen LogP contribution in [0.2, 0.25) is 5.15 Å². The van der Waals surface area contributed by atoms with Crippen molar-refractivity contribution >= 4 is 33.3 Å². The molecule has 1 aromatic carbocycles. The second-order valence-corrected chi connectivity index (χ2v) is 8.71. The lowest BCUT2D eigenvalue weighted by atomic mass is 10.1. The molecule has 0 saturated carbocycles. The van der Waals surface area contributed by atoms with Crippen molar-refractivity contribution < 1.29 is 22.1 Å². The fraction of sp³-hybridized carbons (Fsp3) is 0.211. The summed E-state index contributed by atoms with van der Waals surface area (Å²) in [6.45, 7) is 2.75. The van der Waals surface area contributed by atoms with Gasteiger partial charge in [-0.15, -0.1) is 0 Å². The quantitative estimate of drug-likeness (QED) is 0.552. The number of hydrogen-bond acceptors (Lipinski definition) is 6. The van der Waals surface area contributed by atoms with E-state index in [1.54, 1.807) is 13.8 Å². The number of rotatable bonds is 7. The zero-order chi connectivity index (χ0) is 21.9. The average Bonchev–Trinajstić information content (AvgIpc) is 3.12. The van der Waals surface area contributed by atoms with E-state index in [4.69, 9.17) is 16.1 Å². The Hall–Kier alpha value is -2.98. The van der Waals surface area contributed by atoms with Gasteiger partial charge in [-0.3, -0.25) is 4.79 Å². The van der Waals surface area contributed by atoms with Gasteiger partial charge >= 0.3 is 0 Å². The minimum absolute atomic E-state index is 0.0490. The van der Waals surface area contributed by atoms with Crippen LogP contribution >= 0.6 is 11.6 Å². The highest BCUT2D eigenvalue weighted by Gasteiger charge is 2.30. The Morgan fingerprint density at radius 2 is 1.97 bits per heavy atom. The molecule has 0 spiro atoms. The van der Waals surface area contributed by atoms with Gasteiger partial charge in [0.1, 0.15) is 28.2 Å². The van der Waals surface area contributed by atoms with Crippen LogP contribution in [-0.4, -0.2) is 31.0 Å². The third-order valence-corrected chi connectivity index (χ3v) is 6.15. The number of nitrogens with one attached hydrogen (secondary N) is 1. The van der Waals surface area contributed by atoms with Crippen LogP contribution in [-0.2, 0) is 14.8 Å². The van der Waals surface area contributed by atoms with Crippen LogP contribution < -0.4 is 9.62 Å². The highest BCUT2D eigenvalue weighted by atomic mass is 35.5. The molecule has 0 bridgehead atoms. The van der Waals surface area contributed by atoms with Gasteiger partial charge in [-0.2, -0.15) is 0 Å². The van der Waals surface area contributed by atoms with Crippen molar-refractivity contribution in [2.45, 2.75) is 24.8 Å². The number of anilines is 1. The number of halogens is 2. The summed E-state index contributed by atoms with van der Waals surface area (Å²) in [6.07, 6.45) is 1.09.